The molecule has 0 radical (unpaired) electrons. The highest BCUT2D eigenvalue weighted by atomic mass is 79.9. The summed E-state index contributed by atoms with van der Waals surface area (Å²) in [7, 11) is 0. The zero-order valence-corrected chi connectivity index (χ0v) is 12.5. The summed E-state index contributed by atoms with van der Waals surface area (Å²) in [5, 5.41) is 3.36. The second-order valence-electron chi connectivity index (χ2n) is 5.21. The largest absolute Gasteiger partial charge is 0.316 e. The maximum Gasteiger partial charge on any atom is 0.137 e. The molecule has 1 aliphatic heterocycles. The Hall–Kier alpha value is -0.740. The Morgan fingerprint density at radius 2 is 2.32 bits per heavy atom. The Morgan fingerprint density at radius 1 is 1.47 bits per heavy atom. The molecule has 1 aromatic rings. The Kier molecular flexibility index (Phi) is 5.52. The fraction of sp³-hybridized carbons (Fsp3) is 0.533. The van der Waals surface area contributed by atoms with Crippen LogP contribution in [0.1, 0.15) is 31.2 Å². The van der Waals surface area contributed by atoms with Gasteiger partial charge in [0.25, 0.3) is 0 Å². The van der Waals surface area contributed by atoms with Crippen molar-refractivity contribution in [3.8, 4) is 0 Å². The molecule has 19 heavy (non-hydrogen) atoms. The smallest absolute Gasteiger partial charge is 0.137 e. The van der Waals surface area contributed by atoms with Crippen molar-refractivity contribution in [2.45, 2.75) is 32.1 Å². The minimum absolute atomic E-state index is 0.240. The second-order valence-corrected chi connectivity index (χ2v) is 6.07. The topological polar surface area (TPSA) is 29.1 Å². The highest BCUT2D eigenvalue weighted by Gasteiger charge is 2.14. The van der Waals surface area contributed by atoms with Crippen LogP contribution in [-0.2, 0) is 11.2 Å². The van der Waals surface area contributed by atoms with E-state index < -0.39 is 0 Å². The van der Waals surface area contributed by atoms with Crippen molar-refractivity contribution in [1.82, 2.24) is 5.32 Å². The molecular weight excluding hydrogens is 309 g/mol. The van der Waals surface area contributed by atoms with Crippen molar-refractivity contribution in [3.63, 3.8) is 0 Å². The third-order valence-electron chi connectivity index (χ3n) is 3.62. The van der Waals surface area contributed by atoms with Gasteiger partial charge in [-0.25, -0.2) is 4.39 Å². The molecule has 1 N–H and O–H groups in total. The van der Waals surface area contributed by atoms with Crippen LogP contribution in [0.4, 0.5) is 4.39 Å². The van der Waals surface area contributed by atoms with Crippen molar-refractivity contribution < 1.29 is 9.18 Å². The minimum Gasteiger partial charge on any atom is -0.316 e. The molecule has 0 spiro atoms. The van der Waals surface area contributed by atoms with Gasteiger partial charge in [-0.05, 0) is 71.9 Å². The van der Waals surface area contributed by atoms with Crippen molar-refractivity contribution in [2.75, 3.05) is 13.1 Å². The first-order chi connectivity index (χ1) is 9.15. The fourth-order valence-corrected chi connectivity index (χ4v) is 2.93. The average molecular weight is 328 g/mol. The van der Waals surface area contributed by atoms with Crippen LogP contribution in [0.2, 0.25) is 0 Å². The first-order valence-electron chi connectivity index (χ1n) is 6.81. The first-order valence-corrected chi connectivity index (χ1v) is 7.61. The van der Waals surface area contributed by atoms with Gasteiger partial charge in [0, 0.05) is 12.8 Å². The lowest BCUT2D eigenvalue weighted by molar-refractivity contribution is -0.118. The predicted molar refractivity (Wildman–Crippen MR) is 77.6 cm³/mol. The highest BCUT2D eigenvalue weighted by molar-refractivity contribution is 9.10. The van der Waals surface area contributed by atoms with E-state index in [1.807, 2.05) is 0 Å². The molecule has 4 heteroatoms. The summed E-state index contributed by atoms with van der Waals surface area (Å²) in [4.78, 5) is 11.9. The summed E-state index contributed by atoms with van der Waals surface area (Å²) < 4.78 is 13.5. The number of hydrogen-bond acceptors (Lipinski definition) is 2. The summed E-state index contributed by atoms with van der Waals surface area (Å²) in [6, 6.07) is 4.77. The molecule has 0 aliphatic carbocycles. The Morgan fingerprint density at radius 3 is 3.00 bits per heavy atom. The molecule has 1 fully saturated rings. The summed E-state index contributed by atoms with van der Waals surface area (Å²) in [5.74, 6) is 0.589. The van der Waals surface area contributed by atoms with E-state index in [1.165, 1.54) is 18.9 Å². The van der Waals surface area contributed by atoms with E-state index in [0.717, 1.165) is 25.1 Å². The van der Waals surface area contributed by atoms with Crippen molar-refractivity contribution in [1.29, 1.82) is 0 Å². The summed E-state index contributed by atoms with van der Waals surface area (Å²) in [6.45, 7) is 2.14. The van der Waals surface area contributed by atoms with Gasteiger partial charge in [-0.3, -0.25) is 4.79 Å². The van der Waals surface area contributed by atoms with Crippen LogP contribution in [-0.4, -0.2) is 18.9 Å². The number of carbonyl (C=O) groups is 1. The predicted octanol–water partition coefficient (Wildman–Crippen LogP) is 3.48. The lowest BCUT2D eigenvalue weighted by Gasteiger charge is -2.22. The lowest BCUT2D eigenvalue weighted by atomic mass is 9.92. The van der Waals surface area contributed by atoms with Crippen molar-refractivity contribution in [3.05, 3.63) is 34.1 Å². The van der Waals surface area contributed by atoms with E-state index in [9.17, 15) is 9.18 Å². The molecule has 104 valence electrons. The van der Waals surface area contributed by atoms with Crippen LogP contribution in [0.5, 0.6) is 0 Å². The number of piperidine rings is 1. The number of rotatable bonds is 5. The number of ketones is 1. The molecule has 1 heterocycles. The Labute approximate surface area is 121 Å². The van der Waals surface area contributed by atoms with Crippen LogP contribution in [0.3, 0.4) is 0 Å². The second kappa shape index (κ2) is 7.15. The zero-order valence-electron chi connectivity index (χ0n) is 10.9. The average Bonchev–Trinajstić information content (AvgIpc) is 2.42. The SMILES string of the molecule is O=C(CCC1CCCNC1)Cc1ccc(F)c(Br)c1. The summed E-state index contributed by atoms with van der Waals surface area (Å²) in [5.41, 5.74) is 0.875. The zero-order chi connectivity index (χ0) is 13.7. The van der Waals surface area contributed by atoms with E-state index in [2.05, 4.69) is 21.2 Å². The minimum atomic E-state index is -0.288. The number of Topliss-reactive ketones (excluding diaryl/α,β-unsaturated/α-hetero) is 1. The van der Waals surface area contributed by atoms with Gasteiger partial charge in [-0.1, -0.05) is 6.07 Å². The van der Waals surface area contributed by atoms with Crippen LogP contribution in [0.15, 0.2) is 22.7 Å². The van der Waals surface area contributed by atoms with Crippen LogP contribution < -0.4 is 5.32 Å². The molecule has 1 saturated heterocycles. The van der Waals surface area contributed by atoms with Gasteiger partial charge in [0.2, 0.25) is 0 Å². The van der Waals surface area contributed by atoms with Crippen molar-refractivity contribution >= 4 is 21.7 Å². The molecule has 2 nitrogen and oxygen atoms in total. The van der Waals surface area contributed by atoms with E-state index in [-0.39, 0.29) is 11.6 Å². The van der Waals surface area contributed by atoms with Crippen LogP contribution >= 0.6 is 15.9 Å². The summed E-state index contributed by atoms with van der Waals surface area (Å²) in [6.07, 6.45) is 4.43. The third-order valence-corrected chi connectivity index (χ3v) is 4.22. The fourth-order valence-electron chi connectivity index (χ4n) is 2.50. The van der Waals surface area contributed by atoms with Crippen molar-refractivity contribution in [2.24, 2.45) is 5.92 Å². The molecule has 1 atom stereocenters. The Balaban J connectivity index is 1.78. The first kappa shape index (κ1) is 14.7. The maximum atomic E-state index is 13.1. The number of benzene rings is 1. The third kappa shape index (κ3) is 4.69. The number of hydrogen-bond donors (Lipinski definition) is 1. The highest BCUT2D eigenvalue weighted by Crippen LogP contribution is 2.19. The van der Waals surface area contributed by atoms with Crippen LogP contribution in [0, 0.1) is 11.7 Å². The molecule has 1 aromatic carbocycles. The van der Waals surface area contributed by atoms with Gasteiger partial charge in [0.15, 0.2) is 0 Å². The van der Waals surface area contributed by atoms with E-state index in [4.69, 9.17) is 0 Å². The molecule has 0 aromatic heterocycles. The van der Waals surface area contributed by atoms with Gasteiger partial charge in [0.1, 0.15) is 11.6 Å². The lowest BCUT2D eigenvalue weighted by Crippen LogP contribution is -2.30. The van der Waals surface area contributed by atoms with Gasteiger partial charge >= 0.3 is 0 Å². The monoisotopic (exact) mass is 327 g/mol. The molecule has 0 amide bonds. The van der Waals surface area contributed by atoms with Gasteiger partial charge in [-0.2, -0.15) is 0 Å². The van der Waals surface area contributed by atoms with Gasteiger partial charge < -0.3 is 5.32 Å². The molecule has 1 aliphatic rings. The maximum absolute atomic E-state index is 13.1. The molecule has 0 saturated carbocycles. The Bertz CT molecular complexity index is 444. The normalized spacial score (nSPS) is 19.4. The molecular formula is C15H19BrFNO. The standard InChI is InChI=1S/C15H19BrFNO/c16-14-9-12(4-6-15(14)17)8-13(19)5-3-11-2-1-7-18-10-11/h4,6,9,11,18H,1-3,5,7-8,10H2. The number of halogens is 2. The quantitative estimate of drug-likeness (QED) is 0.897. The van der Waals surface area contributed by atoms with E-state index in [0.29, 0.717) is 23.2 Å². The van der Waals surface area contributed by atoms with E-state index in [1.54, 1.807) is 12.1 Å². The molecule has 1 unspecified atom stereocenters. The number of carbonyl (C=O) groups excluding carboxylic acids is 1. The molecule has 0 bridgehead atoms. The van der Waals surface area contributed by atoms with Gasteiger partial charge in [0.05, 0.1) is 4.47 Å². The number of nitrogens with one attached hydrogen (secondary N) is 1. The van der Waals surface area contributed by atoms with Gasteiger partial charge in [-0.15, -0.1) is 0 Å². The molecule has 2 rings (SSSR count). The summed E-state index contributed by atoms with van der Waals surface area (Å²) >= 11 is 3.14. The van der Waals surface area contributed by atoms with E-state index >= 15 is 0 Å². The van der Waals surface area contributed by atoms with Crippen LogP contribution in [0.25, 0.3) is 0 Å².